The van der Waals surface area contributed by atoms with Crippen molar-refractivity contribution < 1.29 is 22.3 Å². The van der Waals surface area contributed by atoms with Gasteiger partial charge in [-0.1, -0.05) is 31.6 Å². The lowest BCUT2D eigenvalue weighted by atomic mass is 9.64. The van der Waals surface area contributed by atoms with E-state index in [1.54, 1.807) is 6.07 Å². The van der Waals surface area contributed by atoms with E-state index in [1.807, 2.05) is 0 Å². The summed E-state index contributed by atoms with van der Waals surface area (Å²) in [6.45, 7) is 2.19. The first-order chi connectivity index (χ1) is 12.9. The number of unbranched alkanes of at least 4 members (excludes halogenated alkanes) is 1. The fourth-order valence-electron chi connectivity index (χ4n) is 4.84. The minimum absolute atomic E-state index is 0.230. The summed E-state index contributed by atoms with van der Waals surface area (Å²) >= 11 is 0. The first-order valence-corrected chi connectivity index (χ1v) is 10.1. The molecule has 0 spiro atoms. The van der Waals surface area contributed by atoms with Crippen molar-refractivity contribution >= 4 is 0 Å². The van der Waals surface area contributed by atoms with Gasteiger partial charge < -0.3 is 4.74 Å². The lowest BCUT2D eigenvalue weighted by Crippen LogP contribution is -2.30. The van der Waals surface area contributed by atoms with Crippen molar-refractivity contribution in [1.29, 1.82) is 0 Å². The Hall–Kier alpha value is -1.52. The molecule has 2 aliphatic rings. The standard InChI is InChI=1S/C22H28F4O/c1-2-3-4-5-15-6-7-17-13-18(9-8-16(17)12-15)19-10-11-21(20(23)14-19)27-22(24,25)26/h4-5,10-11,14-18H,2-3,6-9,12-13H2,1H3/b5-4+. The lowest BCUT2D eigenvalue weighted by Gasteiger charge is -2.42. The first-order valence-electron chi connectivity index (χ1n) is 10.1. The largest absolute Gasteiger partial charge is 0.573 e. The molecule has 0 aromatic heterocycles. The quantitative estimate of drug-likeness (QED) is 0.380. The molecule has 4 unspecified atom stereocenters. The van der Waals surface area contributed by atoms with Gasteiger partial charge in [-0.15, -0.1) is 13.2 Å². The zero-order valence-corrected chi connectivity index (χ0v) is 15.8. The molecule has 1 aromatic carbocycles. The normalized spacial score (nSPS) is 28.9. The van der Waals surface area contributed by atoms with Crippen LogP contribution in [0.4, 0.5) is 17.6 Å². The van der Waals surface area contributed by atoms with Gasteiger partial charge in [-0.05, 0) is 86.3 Å². The molecule has 1 nitrogen and oxygen atoms in total. The zero-order chi connectivity index (χ0) is 19.4. The number of hydrogen-bond donors (Lipinski definition) is 0. The molecule has 0 aliphatic heterocycles. The minimum Gasteiger partial charge on any atom is -0.403 e. The molecule has 2 saturated carbocycles. The molecule has 0 N–H and O–H groups in total. The Morgan fingerprint density at radius 1 is 1.07 bits per heavy atom. The fourth-order valence-corrected chi connectivity index (χ4v) is 4.84. The maximum Gasteiger partial charge on any atom is 0.573 e. The summed E-state index contributed by atoms with van der Waals surface area (Å²) in [5, 5.41) is 0. The van der Waals surface area contributed by atoms with Gasteiger partial charge in [0.15, 0.2) is 11.6 Å². The predicted octanol–water partition coefficient (Wildman–Crippen LogP) is 7.38. The van der Waals surface area contributed by atoms with E-state index in [0.717, 1.165) is 43.2 Å². The second-order valence-electron chi connectivity index (χ2n) is 8.06. The van der Waals surface area contributed by atoms with E-state index in [-0.39, 0.29) is 5.92 Å². The van der Waals surface area contributed by atoms with Crippen LogP contribution in [-0.2, 0) is 0 Å². The number of alkyl halides is 3. The average Bonchev–Trinajstić information content (AvgIpc) is 2.62. The van der Waals surface area contributed by atoms with Crippen molar-refractivity contribution in [3.8, 4) is 5.75 Å². The molecule has 150 valence electrons. The highest BCUT2D eigenvalue weighted by Crippen LogP contribution is 2.48. The summed E-state index contributed by atoms with van der Waals surface area (Å²) in [4.78, 5) is 0. The van der Waals surface area contributed by atoms with E-state index < -0.39 is 17.9 Å². The third-order valence-electron chi connectivity index (χ3n) is 6.17. The average molecular weight is 384 g/mol. The van der Waals surface area contributed by atoms with Gasteiger partial charge in [0.25, 0.3) is 0 Å². The second kappa shape index (κ2) is 8.66. The van der Waals surface area contributed by atoms with Crippen LogP contribution in [0.2, 0.25) is 0 Å². The monoisotopic (exact) mass is 384 g/mol. The highest BCUT2D eigenvalue weighted by atomic mass is 19.4. The highest BCUT2D eigenvalue weighted by molar-refractivity contribution is 5.32. The van der Waals surface area contributed by atoms with Crippen LogP contribution >= 0.6 is 0 Å². The van der Waals surface area contributed by atoms with Crippen molar-refractivity contribution in [3.63, 3.8) is 0 Å². The van der Waals surface area contributed by atoms with Crippen LogP contribution in [0.25, 0.3) is 0 Å². The summed E-state index contributed by atoms with van der Waals surface area (Å²) in [6.07, 6.45) is 8.91. The Morgan fingerprint density at radius 3 is 2.52 bits per heavy atom. The molecule has 4 atom stereocenters. The third-order valence-corrected chi connectivity index (χ3v) is 6.17. The van der Waals surface area contributed by atoms with Crippen LogP contribution in [-0.4, -0.2) is 6.36 Å². The topological polar surface area (TPSA) is 9.23 Å². The molecule has 0 bridgehead atoms. The zero-order valence-electron chi connectivity index (χ0n) is 15.8. The van der Waals surface area contributed by atoms with Crippen LogP contribution in [0.5, 0.6) is 5.75 Å². The van der Waals surface area contributed by atoms with Gasteiger partial charge >= 0.3 is 6.36 Å². The van der Waals surface area contributed by atoms with Crippen LogP contribution in [0.15, 0.2) is 30.4 Å². The number of halogens is 4. The molecule has 0 saturated heterocycles. The van der Waals surface area contributed by atoms with E-state index in [9.17, 15) is 17.6 Å². The van der Waals surface area contributed by atoms with Gasteiger partial charge in [-0.3, -0.25) is 0 Å². The maximum absolute atomic E-state index is 14.0. The molecular formula is C22H28F4O. The van der Waals surface area contributed by atoms with Gasteiger partial charge in [0.1, 0.15) is 0 Å². The Bertz CT molecular complexity index is 652. The van der Waals surface area contributed by atoms with E-state index >= 15 is 0 Å². The Kier molecular flexibility index (Phi) is 6.48. The number of ether oxygens (including phenoxy) is 1. The smallest absolute Gasteiger partial charge is 0.403 e. The number of benzene rings is 1. The van der Waals surface area contributed by atoms with Gasteiger partial charge in [-0.25, -0.2) is 4.39 Å². The van der Waals surface area contributed by atoms with Crippen LogP contribution < -0.4 is 4.74 Å². The van der Waals surface area contributed by atoms with E-state index in [2.05, 4.69) is 23.8 Å². The fraction of sp³-hybridized carbons (Fsp3) is 0.636. The second-order valence-corrected chi connectivity index (χ2v) is 8.06. The molecule has 5 heteroatoms. The third kappa shape index (κ3) is 5.49. The summed E-state index contributed by atoms with van der Waals surface area (Å²) < 4.78 is 54.7. The number of hydrogen-bond acceptors (Lipinski definition) is 1. The van der Waals surface area contributed by atoms with Gasteiger partial charge in [-0.2, -0.15) is 0 Å². The molecule has 2 aliphatic carbocycles. The van der Waals surface area contributed by atoms with Gasteiger partial charge in [0.05, 0.1) is 0 Å². The highest BCUT2D eigenvalue weighted by Gasteiger charge is 2.36. The van der Waals surface area contributed by atoms with Crippen molar-refractivity contribution in [3.05, 3.63) is 41.7 Å². The summed E-state index contributed by atoms with van der Waals surface area (Å²) in [5.74, 6) is 0.604. The first kappa shape index (κ1) is 20.2. The molecular weight excluding hydrogens is 356 g/mol. The van der Waals surface area contributed by atoms with Crippen molar-refractivity contribution in [1.82, 2.24) is 0 Å². The van der Waals surface area contributed by atoms with E-state index in [1.165, 1.54) is 31.7 Å². The van der Waals surface area contributed by atoms with Crippen molar-refractivity contribution in [2.75, 3.05) is 0 Å². The molecule has 27 heavy (non-hydrogen) atoms. The predicted molar refractivity (Wildman–Crippen MR) is 98.0 cm³/mol. The minimum atomic E-state index is -4.87. The van der Waals surface area contributed by atoms with Crippen LogP contribution in [0.3, 0.4) is 0 Å². The maximum atomic E-state index is 14.0. The summed E-state index contributed by atoms with van der Waals surface area (Å²) in [5.41, 5.74) is 0.797. The Balaban J connectivity index is 1.59. The van der Waals surface area contributed by atoms with Crippen molar-refractivity contribution in [2.24, 2.45) is 17.8 Å². The number of allylic oxidation sites excluding steroid dienone is 2. The molecule has 1 aromatic rings. The van der Waals surface area contributed by atoms with Crippen LogP contribution in [0, 0.1) is 23.6 Å². The van der Waals surface area contributed by atoms with Crippen LogP contribution in [0.1, 0.15) is 69.8 Å². The lowest BCUT2D eigenvalue weighted by molar-refractivity contribution is -0.275. The summed E-state index contributed by atoms with van der Waals surface area (Å²) in [7, 11) is 0. The molecule has 0 heterocycles. The number of fused-ring (bicyclic) bond motifs is 1. The van der Waals surface area contributed by atoms with E-state index in [0.29, 0.717) is 11.8 Å². The molecule has 2 fully saturated rings. The molecule has 3 rings (SSSR count). The number of rotatable bonds is 5. The Labute approximate surface area is 158 Å². The van der Waals surface area contributed by atoms with Gasteiger partial charge in [0, 0.05) is 0 Å². The SMILES string of the molecule is CCC/C=C/C1CCC2CC(c3ccc(OC(F)(F)F)c(F)c3)CCC2C1. The van der Waals surface area contributed by atoms with Crippen molar-refractivity contribution in [2.45, 2.75) is 70.6 Å². The van der Waals surface area contributed by atoms with Gasteiger partial charge in [0.2, 0.25) is 0 Å². The molecule has 0 amide bonds. The Morgan fingerprint density at radius 2 is 1.81 bits per heavy atom. The van der Waals surface area contributed by atoms with E-state index in [4.69, 9.17) is 0 Å². The summed E-state index contributed by atoms with van der Waals surface area (Å²) in [6, 6.07) is 3.93. The molecule has 0 radical (unpaired) electrons.